The number of aromatic carboxylic acids is 1. The van der Waals surface area contributed by atoms with Crippen molar-refractivity contribution in [1.29, 1.82) is 0 Å². The van der Waals surface area contributed by atoms with Gasteiger partial charge in [-0.15, -0.1) is 0 Å². The maximum Gasteiger partial charge on any atom is 0.336 e. The van der Waals surface area contributed by atoms with Crippen LogP contribution in [0.25, 0.3) is 33.4 Å². The lowest BCUT2D eigenvalue weighted by Crippen LogP contribution is -2.50. The van der Waals surface area contributed by atoms with Gasteiger partial charge >= 0.3 is 35.9 Å². The number of carboxylic acids is 5. The van der Waals surface area contributed by atoms with Crippen molar-refractivity contribution in [3.05, 3.63) is 100 Å². The molecule has 1 unspecified atom stereocenters. The number of aromatic hydroxyl groups is 1. The molecule has 18 nitrogen and oxygen atoms in total. The fourth-order valence-corrected chi connectivity index (χ4v) is 6.29. The van der Waals surface area contributed by atoms with Gasteiger partial charge in [-0.1, -0.05) is 18.2 Å². The molecule has 0 saturated carbocycles. The lowest BCUT2D eigenvalue weighted by Gasteiger charge is -2.33. The van der Waals surface area contributed by atoms with E-state index in [4.69, 9.17) is 4.42 Å². The number of hydrogen-bond donors (Lipinski definition) is 8. The Morgan fingerprint density at radius 2 is 1.25 bits per heavy atom. The van der Waals surface area contributed by atoms with E-state index in [9.17, 15) is 64.2 Å². The summed E-state index contributed by atoms with van der Waals surface area (Å²) >= 11 is 0. The van der Waals surface area contributed by atoms with Gasteiger partial charge in [0.05, 0.1) is 31.7 Å². The second-order valence-electron chi connectivity index (χ2n) is 12.7. The molecule has 1 aliphatic carbocycles. The second-order valence-corrected chi connectivity index (χ2v) is 12.7. The van der Waals surface area contributed by atoms with E-state index in [1.807, 2.05) is 0 Å². The van der Waals surface area contributed by atoms with Crippen LogP contribution >= 0.6 is 0 Å². The molecule has 56 heavy (non-hydrogen) atoms. The van der Waals surface area contributed by atoms with E-state index in [-0.39, 0.29) is 58.0 Å². The topological polar surface area (TPSA) is 285 Å². The number of amides is 2. The minimum absolute atomic E-state index is 0.0214. The standard InChI is InChI=1S/C38H34N4O14/c43-24-6-9-27-30(13-24)56-31-14-25(44)7-10-28(31)36(27)26-8-5-22(12-29(26)37(53)54)40-38(55)39-21-3-1-20(2-4-21)11-23(42(18-34(49)50)19-35(51)52)15-41(16-32(45)46)17-33(47)48/h1-10,12-14,23,43H,11,15-19H2,(H,45,46)(H,47,48)(H,49,50)(H,51,52)(H,53,54)(H2,39,40,55). The zero-order valence-electron chi connectivity index (χ0n) is 29.2. The van der Waals surface area contributed by atoms with Crippen molar-refractivity contribution in [3.8, 4) is 28.2 Å². The zero-order valence-corrected chi connectivity index (χ0v) is 29.2. The first-order valence-electron chi connectivity index (χ1n) is 16.6. The third-order valence-corrected chi connectivity index (χ3v) is 8.52. The number of carboxylic acid groups (broad SMARTS) is 5. The molecular formula is C38H34N4O14. The van der Waals surface area contributed by atoms with Crippen molar-refractivity contribution in [3.63, 3.8) is 0 Å². The molecule has 5 rings (SSSR count). The number of nitrogens with zero attached hydrogens (tertiary/aromatic N) is 2. The minimum Gasteiger partial charge on any atom is -0.508 e. The summed E-state index contributed by atoms with van der Waals surface area (Å²) in [6.07, 6.45) is -0.0214. The number of phenolic OH excluding ortho intramolecular Hbond substituents is 1. The highest BCUT2D eigenvalue weighted by Gasteiger charge is 2.28. The van der Waals surface area contributed by atoms with Crippen molar-refractivity contribution >= 4 is 58.2 Å². The van der Waals surface area contributed by atoms with Gasteiger partial charge in [-0.2, -0.15) is 0 Å². The molecule has 1 aliphatic heterocycles. The van der Waals surface area contributed by atoms with Crippen LogP contribution in [0.3, 0.4) is 0 Å². The summed E-state index contributed by atoms with van der Waals surface area (Å²) in [5.74, 6) is -6.65. The first kappa shape index (κ1) is 39.9. The number of fused-ring (bicyclic) bond motifs is 2. The van der Waals surface area contributed by atoms with Crippen molar-refractivity contribution in [2.45, 2.75) is 12.5 Å². The molecule has 2 amide bonds. The molecule has 1 atom stereocenters. The number of hydrogen-bond acceptors (Lipinski definition) is 11. The predicted octanol–water partition coefficient (Wildman–Crippen LogP) is 3.47. The Morgan fingerprint density at radius 3 is 1.86 bits per heavy atom. The van der Waals surface area contributed by atoms with E-state index in [0.29, 0.717) is 22.1 Å². The molecule has 290 valence electrons. The van der Waals surface area contributed by atoms with Crippen LogP contribution < -0.4 is 16.1 Å². The van der Waals surface area contributed by atoms with Crippen LogP contribution in [0.4, 0.5) is 16.2 Å². The SMILES string of the molecule is O=C(O)CN(CC(=O)O)CC(Cc1ccc(NC(=O)Nc2ccc(-c3c4ccc(=O)cc-4oc4cc(O)ccc34)c(C(=O)O)c2)cc1)N(CC(=O)O)CC(=O)O. The van der Waals surface area contributed by atoms with Gasteiger partial charge in [0.2, 0.25) is 0 Å². The van der Waals surface area contributed by atoms with Gasteiger partial charge in [0, 0.05) is 52.6 Å². The molecule has 0 radical (unpaired) electrons. The average Bonchev–Trinajstić information content (AvgIpc) is 3.09. The minimum atomic E-state index is -1.35. The number of carbonyl (C=O) groups is 6. The smallest absolute Gasteiger partial charge is 0.336 e. The molecule has 3 aromatic carbocycles. The van der Waals surface area contributed by atoms with Crippen molar-refractivity contribution in [2.75, 3.05) is 43.4 Å². The van der Waals surface area contributed by atoms with Gasteiger partial charge < -0.3 is 45.7 Å². The monoisotopic (exact) mass is 770 g/mol. The molecule has 0 fully saturated rings. The highest BCUT2D eigenvalue weighted by Crippen LogP contribution is 2.42. The summed E-state index contributed by atoms with van der Waals surface area (Å²) in [4.78, 5) is 85.8. The summed E-state index contributed by atoms with van der Waals surface area (Å²) in [5, 5.41) is 63.4. The molecular weight excluding hydrogens is 736 g/mol. The number of rotatable bonds is 17. The molecule has 1 heterocycles. The first-order chi connectivity index (χ1) is 26.6. The third kappa shape index (κ3) is 10.2. The number of nitrogens with one attached hydrogen (secondary N) is 2. The second kappa shape index (κ2) is 17.2. The molecule has 8 N–H and O–H groups in total. The van der Waals surface area contributed by atoms with E-state index in [1.165, 1.54) is 60.7 Å². The summed E-state index contributed by atoms with van der Waals surface area (Å²) in [6, 6.07) is 17.0. The zero-order chi connectivity index (χ0) is 40.7. The number of urea groups is 1. The summed E-state index contributed by atoms with van der Waals surface area (Å²) in [5.41, 5.74) is 1.67. The van der Waals surface area contributed by atoms with Crippen LogP contribution in [0.1, 0.15) is 15.9 Å². The lowest BCUT2D eigenvalue weighted by molar-refractivity contribution is -0.146. The summed E-state index contributed by atoms with van der Waals surface area (Å²) in [6.45, 7) is -3.14. The number of anilines is 2. The van der Waals surface area contributed by atoms with Crippen LogP contribution in [-0.2, 0) is 25.6 Å². The summed E-state index contributed by atoms with van der Waals surface area (Å²) < 4.78 is 5.85. The van der Waals surface area contributed by atoms with E-state index in [1.54, 1.807) is 18.2 Å². The first-order valence-corrected chi connectivity index (χ1v) is 16.6. The molecule has 0 saturated heterocycles. The van der Waals surface area contributed by atoms with Gasteiger partial charge in [0.1, 0.15) is 17.1 Å². The normalized spacial score (nSPS) is 11.8. The van der Waals surface area contributed by atoms with E-state index < -0.39 is 68.1 Å². The van der Waals surface area contributed by atoms with Crippen LogP contribution in [0.15, 0.2) is 88.1 Å². The number of phenols is 1. The Bertz CT molecular complexity index is 2330. The van der Waals surface area contributed by atoms with Crippen LogP contribution in [0.2, 0.25) is 0 Å². The van der Waals surface area contributed by atoms with E-state index >= 15 is 0 Å². The largest absolute Gasteiger partial charge is 0.508 e. The van der Waals surface area contributed by atoms with Crippen molar-refractivity contribution in [2.24, 2.45) is 0 Å². The van der Waals surface area contributed by atoms with Crippen molar-refractivity contribution in [1.82, 2.24) is 9.80 Å². The summed E-state index contributed by atoms with van der Waals surface area (Å²) in [7, 11) is 0. The van der Waals surface area contributed by atoms with Crippen LogP contribution in [0, 0.1) is 0 Å². The fraction of sp³-hybridized carbons (Fsp3) is 0.184. The fourth-order valence-electron chi connectivity index (χ4n) is 6.29. The quantitative estimate of drug-likeness (QED) is 0.0628. The Morgan fingerprint density at radius 1 is 0.661 bits per heavy atom. The average molecular weight is 771 g/mol. The van der Waals surface area contributed by atoms with Gasteiger partial charge in [0.15, 0.2) is 5.43 Å². The predicted molar refractivity (Wildman–Crippen MR) is 198 cm³/mol. The van der Waals surface area contributed by atoms with Crippen LogP contribution in [0.5, 0.6) is 5.75 Å². The number of benzene rings is 4. The Labute approximate surface area is 315 Å². The molecule has 0 spiro atoms. The molecule has 18 heteroatoms. The lowest BCUT2D eigenvalue weighted by atomic mass is 9.90. The highest BCUT2D eigenvalue weighted by atomic mass is 16.4. The van der Waals surface area contributed by atoms with Gasteiger partial charge in [-0.3, -0.25) is 33.8 Å². The van der Waals surface area contributed by atoms with Crippen LogP contribution in [-0.4, -0.2) is 115 Å². The maximum absolute atomic E-state index is 13.0. The Kier molecular flexibility index (Phi) is 12.3. The third-order valence-electron chi connectivity index (χ3n) is 8.52. The molecule has 0 aromatic heterocycles. The van der Waals surface area contributed by atoms with Crippen molar-refractivity contribution < 1.29 is 63.8 Å². The van der Waals surface area contributed by atoms with Gasteiger partial charge in [-0.05, 0) is 66.1 Å². The van der Waals surface area contributed by atoms with E-state index in [2.05, 4.69) is 10.6 Å². The maximum atomic E-state index is 13.0. The Balaban J connectivity index is 1.36. The Hall–Kier alpha value is -7.31. The van der Waals surface area contributed by atoms with E-state index in [0.717, 1.165) is 9.80 Å². The molecule has 0 bridgehead atoms. The van der Waals surface area contributed by atoms with Gasteiger partial charge in [-0.25, -0.2) is 9.59 Å². The van der Waals surface area contributed by atoms with Gasteiger partial charge in [0.25, 0.3) is 0 Å². The highest BCUT2D eigenvalue weighted by molar-refractivity contribution is 6.09. The molecule has 2 aliphatic rings. The number of carbonyl (C=O) groups excluding carboxylic acids is 1. The number of aliphatic carboxylic acids is 4. The molecule has 3 aromatic rings.